The monoisotopic (exact) mass is 348 g/mol. The summed E-state index contributed by atoms with van der Waals surface area (Å²) in [5.41, 5.74) is 0. The minimum Gasteiger partial charge on any atom is -0.381 e. The molecule has 0 radical (unpaired) electrons. The Hall–Kier alpha value is -1.93. The summed E-state index contributed by atoms with van der Waals surface area (Å²) in [4.78, 5) is 26.9. The molecule has 25 heavy (non-hydrogen) atoms. The number of carbonyl (C=O) groups is 1. The van der Waals surface area contributed by atoms with E-state index in [1.807, 2.05) is 23.9 Å². The van der Waals surface area contributed by atoms with Gasteiger partial charge >= 0.3 is 6.03 Å². The van der Waals surface area contributed by atoms with E-state index in [0.717, 1.165) is 70.5 Å². The zero-order chi connectivity index (χ0) is 17.6. The molecule has 8 nitrogen and oxygen atoms in total. The van der Waals surface area contributed by atoms with Gasteiger partial charge in [0.2, 0.25) is 0 Å². The van der Waals surface area contributed by atoms with Gasteiger partial charge in [-0.15, -0.1) is 0 Å². The summed E-state index contributed by atoms with van der Waals surface area (Å²) in [5.74, 6) is 2.04. The molecule has 2 aliphatic rings. The number of nitrogens with zero attached hydrogens (tertiary/aromatic N) is 5. The number of amides is 2. The molecule has 2 saturated heterocycles. The molecule has 0 atom stereocenters. The van der Waals surface area contributed by atoms with E-state index < -0.39 is 0 Å². The number of ether oxygens (including phenoxy) is 1. The summed E-state index contributed by atoms with van der Waals surface area (Å²) in [5, 5.41) is 2.88. The first-order chi connectivity index (χ1) is 12.1. The molecule has 1 N–H and O–H groups in total. The number of nitrogens with one attached hydrogen (secondary N) is 1. The molecule has 3 heterocycles. The Bertz CT molecular complexity index is 568. The molecule has 1 aromatic heterocycles. The molecule has 2 aliphatic heterocycles. The maximum absolute atomic E-state index is 12.5. The van der Waals surface area contributed by atoms with E-state index >= 15 is 0 Å². The molecule has 2 amide bonds. The lowest BCUT2D eigenvalue weighted by molar-refractivity contribution is 0.0457. The van der Waals surface area contributed by atoms with Crippen LogP contribution in [0.5, 0.6) is 0 Å². The third-order valence-electron chi connectivity index (χ3n) is 4.86. The predicted octanol–water partition coefficient (Wildman–Crippen LogP) is 1.12. The number of urea groups is 1. The lowest BCUT2D eigenvalue weighted by Gasteiger charge is -2.37. The molecule has 2 fully saturated rings. The van der Waals surface area contributed by atoms with Crippen LogP contribution in [0.2, 0.25) is 0 Å². The standard InChI is InChI=1S/C17H28N6O2/c1-21(2)16-11-15(18-13-19-16)20-17(24)23-7-5-22(6-8-23)12-14-3-9-25-10-4-14/h11,13-14H,3-10,12H2,1-2H3,(H,18,19,20,24). The first-order valence-corrected chi connectivity index (χ1v) is 8.97. The van der Waals surface area contributed by atoms with E-state index in [0.29, 0.717) is 5.82 Å². The number of carbonyl (C=O) groups excluding carboxylic acids is 1. The largest absolute Gasteiger partial charge is 0.381 e. The Kier molecular flexibility index (Phi) is 6.04. The fourth-order valence-corrected chi connectivity index (χ4v) is 3.28. The van der Waals surface area contributed by atoms with Crippen molar-refractivity contribution in [1.82, 2.24) is 19.8 Å². The molecular weight excluding hydrogens is 320 g/mol. The van der Waals surface area contributed by atoms with Crippen molar-refractivity contribution < 1.29 is 9.53 Å². The van der Waals surface area contributed by atoms with Crippen molar-refractivity contribution >= 4 is 17.7 Å². The maximum Gasteiger partial charge on any atom is 0.323 e. The van der Waals surface area contributed by atoms with Gasteiger partial charge in [-0.2, -0.15) is 0 Å². The Morgan fingerprint density at radius 2 is 1.96 bits per heavy atom. The second-order valence-corrected chi connectivity index (χ2v) is 6.93. The van der Waals surface area contributed by atoms with Crippen molar-refractivity contribution in [3.05, 3.63) is 12.4 Å². The zero-order valence-electron chi connectivity index (χ0n) is 15.1. The Labute approximate surface area is 149 Å². The van der Waals surface area contributed by atoms with Gasteiger partial charge in [-0.05, 0) is 18.8 Å². The second-order valence-electron chi connectivity index (χ2n) is 6.93. The van der Waals surface area contributed by atoms with E-state index in [4.69, 9.17) is 4.74 Å². The smallest absolute Gasteiger partial charge is 0.323 e. The van der Waals surface area contributed by atoms with Crippen LogP contribution in [0.25, 0.3) is 0 Å². The first kappa shape index (κ1) is 17.9. The molecule has 0 bridgehead atoms. The van der Waals surface area contributed by atoms with Crippen LogP contribution in [0.1, 0.15) is 12.8 Å². The van der Waals surface area contributed by atoms with Gasteiger partial charge in [0, 0.05) is 66.1 Å². The molecule has 1 aromatic rings. The topological polar surface area (TPSA) is 73.8 Å². The van der Waals surface area contributed by atoms with Crippen LogP contribution in [0.3, 0.4) is 0 Å². The average molecular weight is 348 g/mol. The van der Waals surface area contributed by atoms with E-state index in [-0.39, 0.29) is 6.03 Å². The van der Waals surface area contributed by atoms with Crippen LogP contribution in [-0.2, 0) is 4.74 Å². The fraction of sp³-hybridized carbons (Fsp3) is 0.706. The average Bonchev–Trinajstić information content (AvgIpc) is 2.63. The summed E-state index contributed by atoms with van der Waals surface area (Å²) >= 11 is 0. The molecule has 3 rings (SSSR count). The number of piperazine rings is 1. The third-order valence-corrected chi connectivity index (χ3v) is 4.86. The van der Waals surface area contributed by atoms with E-state index in [1.165, 1.54) is 6.33 Å². The minimum atomic E-state index is -0.0888. The van der Waals surface area contributed by atoms with Crippen LogP contribution in [0.15, 0.2) is 12.4 Å². The van der Waals surface area contributed by atoms with Gasteiger partial charge in [-0.3, -0.25) is 10.2 Å². The molecule has 0 aromatic carbocycles. The SMILES string of the molecule is CN(C)c1cc(NC(=O)N2CCN(CC3CCOCC3)CC2)ncn1. The Morgan fingerprint density at radius 3 is 2.64 bits per heavy atom. The molecule has 0 aliphatic carbocycles. The third kappa shape index (κ3) is 5.02. The number of hydrogen-bond donors (Lipinski definition) is 1. The van der Waals surface area contributed by atoms with E-state index in [9.17, 15) is 4.79 Å². The van der Waals surface area contributed by atoms with Gasteiger partial charge in [-0.1, -0.05) is 0 Å². The van der Waals surface area contributed by atoms with Crippen molar-refractivity contribution in [1.29, 1.82) is 0 Å². The van der Waals surface area contributed by atoms with Gasteiger partial charge in [0.05, 0.1) is 0 Å². The van der Waals surface area contributed by atoms with Gasteiger partial charge in [0.1, 0.15) is 18.0 Å². The highest BCUT2D eigenvalue weighted by atomic mass is 16.5. The molecule has 0 spiro atoms. The predicted molar refractivity (Wildman–Crippen MR) is 96.9 cm³/mol. The molecular formula is C17H28N6O2. The van der Waals surface area contributed by atoms with Crippen LogP contribution in [0, 0.1) is 5.92 Å². The van der Waals surface area contributed by atoms with E-state index in [2.05, 4.69) is 20.2 Å². The summed E-state index contributed by atoms with van der Waals surface area (Å²) in [6.45, 7) is 6.26. The molecule has 0 unspecified atom stereocenters. The molecule has 8 heteroatoms. The normalized spacial score (nSPS) is 19.7. The number of hydrogen-bond acceptors (Lipinski definition) is 6. The van der Waals surface area contributed by atoms with Crippen LogP contribution < -0.4 is 10.2 Å². The first-order valence-electron chi connectivity index (χ1n) is 8.97. The molecule has 0 saturated carbocycles. The zero-order valence-corrected chi connectivity index (χ0v) is 15.1. The fourth-order valence-electron chi connectivity index (χ4n) is 3.28. The summed E-state index contributed by atoms with van der Waals surface area (Å²) in [7, 11) is 3.82. The van der Waals surface area contributed by atoms with Crippen molar-refractivity contribution in [2.45, 2.75) is 12.8 Å². The lowest BCUT2D eigenvalue weighted by atomic mass is 9.99. The molecule has 138 valence electrons. The Balaban J connectivity index is 1.45. The summed E-state index contributed by atoms with van der Waals surface area (Å²) in [6.07, 6.45) is 3.78. The van der Waals surface area contributed by atoms with Crippen molar-refractivity contribution in [3.63, 3.8) is 0 Å². The van der Waals surface area contributed by atoms with Crippen LogP contribution in [0.4, 0.5) is 16.4 Å². The number of aromatic nitrogens is 2. The lowest BCUT2D eigenvalue weighted by Crippen LogP contribution is -2.51. The summed E-state index contributed by atoms with van der Waals surface area (Å²) < 4.78 is 5.42. The van der Waals surface area contributed by atoms with Crippen molar-refractivity contribution in [3.8, 4) is 0 Å². The van der Waals surface area contributed by atoms with Crippen molar-refractivity contribution in [2.24, 2.45) is 5.92 Å². The summed E-state index contributed by atoms with van der Waals surface area (Å²) in [6, 6.07) is 1.69. The van der Waals surface area contributed by atoms with Gasteiger partial charge in [0.15, 0.2) is 0 Å². The maximum atomic E-state index is 12.5. The highest BCUT2D eigenvalue weighted by Crippen LogP contribution is 2.17. The minimum absolute atomic E-state index is 0.0888. The van der Waals surface area contributed by atoms with Gasteiger partial charge in [0.25, 0.3) is 0 Å². The quantitative estimate of drug-likeness (QED) is 0.879. The van der Waals surface area contributed by atoms with E-state index in [1.54, 1.807) is 6.07 Å². The van der Waals surface area contributed by atoms with Gasteiger partial charge < -0.3 is 14.5 Å². The van der Waals surface area contributed by atoms with Crippen LogP contribution >= 0.6 is 0 Å². The number of anilines is 2. The highest BCUT2D eigenvalue weighted by Gasteiger charge is 2.24. The van der Waals surface area contributed by atoms with Crippen LogP contribution in [-0.4, -0.2) is 85.8 Å². The van der Waals surface area contributed by atoms with Gasteiger partial charge in [-0.25, -0.2) is 14.8 Å². The highest BCUT2D eigenvalue weighted by molar-refractivity contribution is 5.88. The van der Waals surface area contributed by atoms with Crippen molar-refractivity contribution in [2.75, 3.05) is 70.2 Å². The second kappa shape index (κ2) is 8.44. The number of rotatable bonds is 4. The Morgan fingerprint density at radius 1 is 1.24 bits per heavy atom.